The number of nitrogens with zero attached hydrogens (tertiary/aromatic N) is 3. The quantitative estimate of drug-likeness (QED) is 0.543. The molecule has 28 heavy (non-hydrogen) atoms. The molecule has 0 unspecified atom stereocenters. The van der Waals surface area contributed by atoms with E-state index in [1.807, 2.05) is 44.2 Å². The fourth-order valence-corrected chi connectivity index (χ4v) is 2.74. The number of allylic oxidation sites excluding steroid dienone is 4. The minimum atomic E-state index is -0.251. The molecule has 0 spiro atoms. The maximum absolute atomic E-state index is 9.60. The second kappa shape index (κ2) is 9.86. The minimum Gasteiger partial charge on any atom is -0.494 e. The summed E-state index contributed by atoms with van der Waals surface area (Å²) in [7, 11) is 0. The van der Waals surface area contributed by atoms with Gasteiger partial charge in [0.25, 0.3) is 0 Å². The summed E-state index contributed by atoms with van der Waals surface area (Å²) in [5.74, 6) is 1.59. The zero-order chi connectivity index (χ0) is 20.5. The van der Waals surface area contributed by atoms with Crippen LogP contribution < -0.4 is 15.2 Å². The fourth-order valence-electron chi connectivity index (χ4n) is 2.74. The number of nitriles is 3. The first kappa shape index (κ1) is 20.6. The van der Waals surface area contributed by atoms with E-state index in [2.05, 4.69) is 6.07 Å². The molecule has 0 amide bonds. The molecule has 1 aliphatic rings. The van der Waals surface area contributed by atoms with E-state index in [-0.39, 0.29) is 22.8 Å². The standard InChI is InChI=1S/C22H22N4O2/c1-3-27-18-9-7-16(21(11-18)28-4-2)8-10-19(15-5-6-15)20(14-25)22(26)17(12-23)13-24/h7-11,15H,3-6,26H2,1-2H3. The first-order valence-electron chi connectivity index (χ1n) is 9.11. The first-order valence-corrected chi connectivity index (χ1v) is 9.11. The Kier molecular flexibility index (Phi) is 7.26. The smallest absolute Gasteiger partial charge is 0.153 e. The van der Waals surface area contributed by atoms with Crippen LogP contribution in [0.25, 0.3) is 6.08 Å². The molecule has 0 saturated heterocycles. The molecule has 1 saturated carbocycles. The van der Waals surface area contributed by atoms with Gasteiger partial charge in [-0.3, -0.25) is 0 Å². The van der Waals surface area contributed by atoms with E-state index in [4.69, 9.17) is 25.7 Å². The Balaban J connectivity index is 2.49. The van der Waals surface area contributed by atoms with Crippen molar-refractivity contribution >= 4 is 6.08 Å². The highest BCUT2D eigenvalue weighted by molar-refractivity contribution is 5.65. The number of hydrogen-bond donors (Lipinski definition) is 1. The molecule has 0 bridgehead atoms. The zero-order valence-corrected chi connectivity index (χ0v) is 16.0. The van der Waals surface area contributed by atoms with Gasteiger partial charge in [-0.15, -0.1) is 0 Å². The van der Waals surface area contributed by atoms with Crippen molar-refractivity contribution < 1.29 is 9.47 Å². The van der Waals surface area contributed by atoms with E-state index >= 15 is 0 Å². The van der Waals surface area contributed by atoms with Crippen LogP contribution in [0.4, 0.5) is 0 Å². The van der Waals surface area contributed by atoms with Crippen LogP contribution in [0.3, 0.4) is 0 Å². The molecular weight excluding hydrogens is 352 g/mol. The van der Waals surface area contributed by atoms with Gasteiger partial charge in [-0.2, -0.15) is 15.8 Å². The van der Waals surface area contributed by atoms with Crippen molar-refractivity contribution in [1.82, 2.24) is 0 Å². The largest absolute Gasteiger partial charge is 0.494 e. The lowest BCUT2D eigenvalue weighted by Gasteiger charge is -2.11. The summed E-state index contributed by atoms with van der Waals surface area (Å²) < 4.78 is 11.2. The van der Waals surface area contributed by atoms with Crippen molar-refractivity contribution in [1.29, 1.82) is 15.8 Å². The second-order valence-corrected chi connectivity index (χ2v) is 6.13. The molecule has 142 valence electrons. The van der Waals surface area contributed by atoms with Crippen LogP contribution in [0, 0.1) is 39.9 Å². The van der Waals surface area contributed by atoms with Gasteiger partial charge in [0.15, 0.2) is 5.57 Å². The maximum atomic E-state index is 9.60. The second-order valence-electron chi connectivity index (χ2n) is 6.13. The summed E-state index contributed by atoms with van der Waals surface area (Å²) in [6, 6.07) is 11.1. The van der Waals surface area contributed by atoms with Gasteiger partial charge >= 0.3 is 0 Å². The lowest BCUT2D eigenvalue weighted by Crippen LogP contribution is -2.06. The minimum absolute atomic E-state index is 0.0734. The maximum Gasteiger partial charge on any atom is 0.153 e. The molecule has 0 radical (unpaired) electrons. The SMILES string of the molecule is CCOc1ccc(C=CC(=C(C#N)C(N)=C(C#N)C#N)C2CC2)c(OCC)c1. The van der Waals surface area contributed by atoms with Crippen LogP contribution in [-0.4, -0.2) is 13.2 Å². The van der Waals surface area contributed by atoms with Crippen molar-refractivity contribution in [2.24, 2.45) is 11.7 Å². The van der Waals surface area contributed by atoms with E-state index < -0.39 is 0 Å². The third-order valence-corrected chi connectivity index (χ3v) is 4.22. The summed E-state index contributed by atoms with van der Waals surface area (Å²) in [6.07, 6.45) is 5.56. The van der Waals surface area contributed by atoms with E-state index in [0.29, 0.717) is 19.0 Å². The van der Waals surface area contributed by atoms with E-state index in [1.165, 1.54) is 0 Å². The summed E-state index contributed by atoms with van der Waals surface area (Å²) >= 11 is 0. The Labute approximate surface area is 165 Å². The van der Waals surface area contributed by atoms with Crippen LogP contribution in [0.5, 0.6) is 11.5 Å². The first-order chi connectivity index (χ1) is 13.6. The Morgan fingerprint density at radius 2 is 1.79 bits per heavy atom. The Morgan fingerprint density at radius 3 is 2.32 bits per heavy atom. The van der Waals surface area contributed by atoms with Gasteiger partial charge in [-0.1, -0.05) is 12.2 Å². The monoisotopic (exact) mass is 374 g/mol. The molecule has 0 aromatic heterocycles. The average Bonchev–Trinajstić information content (AvgIpc) is 3.53. The van der Waals surface area contributed by atoms with Crippen molar-refractivity contribution in [3.63, 3.8) is 0 Å². The van der Waals surface area contributed by atoms with Crippen molar-refractivity contribution in [2.45, 2.75) is 26.7 Å². The molecule has 6 heteroatoms. The number of hydrogen-bond acceptors (Lipinski definition) is 6. The number of nitrogens with two attached hydrogens (primary N) is 1. The Morgan fingerprint density at radius 1 is 1.11 bits per heavy atom. The normalized spacial score (nSPS) is 13.7. The molecule has 1 aromatic carbocycles. The molecule has 1 aliphatic carbocycles. The molecular formula is C22H22N4O2. The summed E-state index contributed by atoms with van der Waals surface area (Å²) in [5.41, 5.74) is 7.37. The van der Waals surface area contributed by atoms with Gasteiger partial charge < -0.3 is 15.2 Å². The van der Waals surface area contributed by atoms with Gasteiger partial charge in [0.2, 0.25) is 0 Å². The summed E-state index contributed by atoms with van der Waals surface area (Å²) in [5, 5.41) is 27.7. The topological polar surface area (TPSA) is 116 Å². The summed E-state index contributed by atoms with van der Waals surface area (Å²) in [6.45, 7) is 4.89. The van der Waals surface area contributed by atoms with Gasteiger partial charge in [-0.05, 0) is 50.3 Å². The van der Waals surface area contributed by atoms with Gasteiger partial charge in [0.05, 0.1) is 24.5 Å². The zero-order valence-electron chi connectivity index (χ0n) is 16.0. The van der Waals surface area contributed by atoms with E-state index in [1.54, 1.807) is 12.1 Å². The third kappa shape index (κ3) is 4.93. The van der Waals surface area contributed by atoms with Gasteiger partial charge in [0.1, 0.15) is 29.7 Å². The van der Waals surface area contributed by atoms with Crippen molar-refractivity contribution in [2.75, 3.05) is 13.2 Å². The molecule has 2 rings (SSSR count). The highest BCUT2D eigenvalue weighted by Gasteiger charge is 2.28. The van der Waals surface area contributed by atoms with Gasteiger partial charge in [-0.25, -0.2) is 0 Å². The highest BCUT2D eigenvalue weighted by Crippen LogP contribution is 2.40. The molecule has 1 fully saturated rings. The van der Waals surface area contributed by atoms with E-state index in [9.17, 15) is 5.26 Å². The molecule has 0 atom stereocenters. The Bertz CT molecular complexity index is 932. The van der Waals surface area contributed by atoms with Crippen LogP contribution in [0.1, 0.15) is 32.3 Å². The van der Waals surface area contributed by atoms with Crippen LogP contribution in [-0.2, 0) is 0 Å². The van der Waals surface area contributed by atoms with E-state index in [0.717, 1.165) is 29.7 Å². The van der Waals surface area contributed by atoms with Crippen LogP contribution >= 0.6 is 0 Å². The molecule has 2 N–H and O–H groups in total. The van der Waals surface area contributed by atoms with Crippen LogP contribution in [0.2, 0.25) is 0 Å². The molecule has 1 aromatic rings. The fraction of sp³-hybridized carbons (Fsp3) is 0.318. The lowest BCUT2D eigenvalue weighted by molar-refractivity contribution is 0.322. The Hall–Kier alpha value is -3.69. The van der Waals surface area contributed by atoms with Gasteiger partial charge in [0, 0.05) is 11.6 Å². The third-order valence-electron chi connectivity index (χ3n) is 4.22. The number of ether oxygens (including phenoxy) is 2. The van der Waals surface area contributed by atoms with Crippen molar-refractivity contribution in [3.8, 4) is 29.7 Å². The lowest BCUT2D eigenvalue weighted by atomic mass is 9.98. The predicted octanol–water partition coefficient (Wildman–Crippen LogP) is 3.99. The summed E-state index contributed by atoms with van der Waals surface area (Å²) in [4.78, 5) is 0. The van der Waals surface area contributed by atoms with Crippen LogP contribution in [0.15, 0.2) is 46.7 Å². The highest BCUT2D eigenvalue weighted by atomic mass is 16.5. The molecule has 0 heterocycles. The van der Waals surface area contributed by atoms with Crippen molar-refractivity contribution in [3.05, 3.63) is 52.3 Å². The number of benzene rings is 1. The average molecular weight is 374 g/mol. The number of rotatable bonds is 8. The molecule has 0 aliphatic heterocycles. The molecule has 6 nitrogen and oxygen atoms in total. The predicted molar refractivity (Wildman–Crippen MR) is 106 cm³/mol.